The molecular formula is C28H26BrN3O6S. The second kappa shape index (κ2) is 10.5. The molecule has 1 atom stereocenters. The van der Waals surface area contributed by atoms with Gasteiger partial charge in [-0.15, -0.1) is 0 Å². The number of carbonyl (C=O) groups excluding carboxylic acids is 2. The van der Waals surface area contributed by atoms with Crippen molar-refractivity contribution in [2.24, 2.45) is 4.99 Å². The molecule has 5 rings (SSSR count). The normalized spacial score (nSPS) is 17.5. The van der Waals surface area contributed by atoms with Crippen LogP contribution in [0, 0.1) is 0 Å². The lowest BCUT2D eigenvalue weighted by atomic mass is 9.94. The highest BCUT2D eigenvalue weighted by Crippen LogP contribution is 2.39. The molecule has 3 heterocycles. The molecule has 202 valence electrons. The van der Waals surface area contributed by atoms with Crippen LogP contribution in [0.2, 0.25) is 0 Å². The van der Waals surface area contributed by atoms with Crippen molar-refractivity contribution in [3.8, 4) is 11.5 Å². The molecule has 0 radical (unpaired) electrons. The van der Waals surface area contributed by atoms with Crippen molar-refractivity contribution in [3.63, 3.8) is 0 Å². The van der Waals surface area contributed by atoms with Crippen LogP contribution < -0.4 is 29.3 Å². The van der Waals surface area contributed by atoms with E-state index in [1.54, 1.807) is 36.9 Å². The summed E-state index contributed by atoms with van der Waals surface area (Å²) in [6, 6.07) is 9.84. The Hall–Kier alpha value is -3.70. The van der Waals surface area contributed by atoms with Gasteiger partial charge in [0, 0.05) is 22.1 Å². The van der Waals surface area contributed by atoms with Gasteiger partial charge in [0.15, 0.2) is 4.80 Å². The van der Waals surface area contributed by atoms with E-state index in [9.17, 15) is 14.4 Å². The van der Waals surface area contributed by atoms with Gasteiger partial charge >= 0.3 is 5.97 Å². The number of rotatable bonds is 6. The molecule has 11 heteroatoms. The number of nitrogens with zero attached hydrogens (tertiary/aromatic N) is 3. The SMILES string of the molecule is CCOC(=O)C1=C(C)N=c2s/c(=C3/C(=O)N(CC)c4ccc(Br)cc43)c(=O)n2[C@@H]1c1cc(OC)ccc1OC. The summed E-state index contributed by atoms with van der Waals surface area (Å²) in [6.45, 7) is 5.91. The third-order valence-electron chi connectivity index (χ3n) is 6.75. The molecule has 1 aromatic heterocycles. The summed E-state index contributed by atoms with van der Waals surface area (Å²) in [5.41, 5.74) is 2.44. The van der Waals surface area contributed by atoms with E-state index in [2.05, 4.69) is 20.9 Å². The Kier molecular flexibility index (Phi) is 7.21. The first-order valence-corrected chi connectivity index (χ1v) is 13.9. The Morgan fingerprint density at radius 3 is 2.54 bits per heavy atom. The molecule has 1 amide bonds. The lowest BCUT2D eigenvalue weighted by molar-refractivity contribution is -0.139. The van der Waals surface area contributed by atoms with Crippen LogP contribution in [0.5, 0.6) is 11.5 Å². The van der Waals surface area contributed by atoms with Crippen LogP contribution in [-0.4, -0.2) is 43.8 Å². The van der Waals surface area contributed by atoms with Crippen molar-refractivity contribution in [1.82, 2.24) is 4.57 Å². The molecule has 2 aliphatic heterocycles. The number of halogens is 1. The first-order chi connectivity index (χ1) is 18.7. The van der Waals surface area contributed by atoms with Gasteiger partial charge < -0.3 is 19.1 Å². The van der Waals surface area contributed by atoms with Gasteiger partial charge in [-0.25, -0.2) is 9.79 Å². The summed E-state index contributed by atoms with van der Waals surface area (Å²) in [4.78, 5) is 47.8. The first-order valence-electron chi connectivity index (χ1n) is 12.3. The average molecular weight is 613 g/mol. The standard InChI is InChI=1S/C28H26BrN3O6S/c1-6-31-19-10-8-15(29)12-17(19)22(25(31)33)24-26(34)32-23(18-13-16(36-4)9-11-20(18)37-5)21(27(35)38-7-2)14(3)30-28(32)39-24/h8-13,23H,6-7H2,1-5H3/b24-22+/t23-/m1/s1. The number of fused-ring (bicyclic) bond motifs is 2. The maximum atomic E-state index is 14.3. The van der Waals surface area contributed by atoms with Gasteiger partial charge in [-0.05, 0) is 57.2 Å². The second-order valence-corrected chi connectivity index (χ2v) is 10.7. The van der Waals surface area contributed by atoms with Gasteiger partial charge in [0.25, 0.3) is 11.5 Å². The van der Waals surface area contributed by atoms with E-state index in [1.807, 2.05) is 25.1 Å². The molecule has 0 fully saturated rings. The fourth-order valence-electron chi connectivity index (χ4n) is 5.03. The molecule has 0 N–H and O–H groups in total. The Morgan fingerprint density at radius 1 is 1.10 bits per heavy atom. The van der Waals surface area contributed by atoms with E-state index < -0.39 is 17.6 Å². The number of ether oxygens (including phenoxy) is 3. The van der Waals surface area contributed by atoms with Crippen LogP contribution in [0.1, 0.15) is 37.9 Å². The minimum atomic E-state index is -0.916. The number of hydrogen-bond acceptors (Lipinski definition) is 8. The number of anilines is 1. The van der Waals surface area contributed by atoms with E-state index in [4.69, 9.17) is 14.2 Å². The third-order valence-corrected chi connectivity index (χ3v) is 8.29. The summed E-state index contributed by atoms with van der Waals surface area (Å²) in [5, 5.41) is 0. The Labute approximate surface area is 236 Å². The molecule has 2 aromatic carbocycles. The van der Waals surface area contributed by atoms with Crippen LogP contribution in [0.3, 0.4) is 0 Å². The molecule has 39 heavy (non-hydrogen) atoms. The molecule has 2 aliphatic rings. The van der Waals surface area contributed by atoms with E-state index in [-0.39, 0.29) is 22.6 Å². The van der Waals surface area contributed by atoms with Crippen molar-refractivity contribution in [2.45, 2.75) is 26.8 Å². The maximum Gasteiger partial charge on any atom is 0.338 e. The predicted molar refractivity (Wildman–Crippen MR) is 151 cm³/mol. The molecule has 3 aromatic rings. The number of aromatic nitrogens is 1. The van der Waals surface area contributed by atoms with Gasteiger partial charge in [0.05, 0.1) is 43.4 Å². The summed E-state index contributed by atoms with van der Waals surface area (Å²) < 4.78 is 19.0. The second-order valence-electron chi connectivity index (χ2n) is 8.82. The zero-order chi connectivity index (χ0) is 28.0. The van der Waals surface area contributed by atoms with Gasteiger partial charge in [-0.3, -0.25) is 14.2 Å². The third kappa shape index (κ3) is 4.29. The Balaban J connectivity index is 1.87. The number of amides is 1. The summed E-state index contributed by atoms with van der Waals surface area (Å²) >= 11 is 4.62. The summed E-state index contributed by atoms with van der Waals surface area (Å²) in [5.74, 6) is 0.138. The predicted octanol–water partition coefficient (Wildman–Crippen LogP) is 3.31. The van der Waals surface area contributed by atoms with Gasteiger partial charge in [0.1, 0.15) is 22.1 Å². The largest absolute Gasteiger partial charge is 0.497 e. The Bertz CT molecular complexity index is 1740. The zero-order valence-corrected chi connectivity index (χ0v) is 24.4. The minimum Gasteiger partial charge on any atom is -0.497 e. The highest BCUT2D eigenvalue weighted by molar-refractivity contribution is 9.10. The number of thiazole rings is 1. The minimum absolute atomic E-state index is 0.152. The first kappa shape index (κ1) is 26.9. The lowest BCUT2D eigenvalue weighted by Gasteiger charge is -2.26. The summed E-state index contributed by atoms with van der Waals surface area (Å²) in [6.07, 6.45) is 0. The summed E-state index contributed by atoms with van der Waals surface area (Å²) in [7, 11) is 3.05. The van der Waals surface area contributed by atoms with Gasteiger partial charge in [0.2, 0.25) is 0 Å². The molecule has 0 aliphatic carbocycles. The van der Waals surface area contributed by atoms with E-state index in [0.29, 0.717) is 45.2 Å². The average Bonchev–Trinajstić information content (AvgIpc) is 3.38. The van der Waals surface area contributed by atoms with E-state index >= 15 is 0 Å². The van der Waals surface area contributed by atoms with Crippen LogP contribution in [-0.2, 0) is 14.3 Å². The monoisotopic (exact) mass is 611 g/mol. The van der Waals surface area contributed by atoms with Crippen LogP contribution in [0.25, 0.3) is 5.57 Å². The zero-order valence-electron chi connectivity index (χ0n) is 22.0. The number of methoxy groups -OCH3 is 2. The quantitative estimate of drug-likeness (QED) is 0.397. The topological polar surface area (TPSA) is 99.4 Å². The number of carbonyl (C=O) groups is 2. The number of benzene rings is 2. The molecule has 0 bridgehead atoms. The molecule has 0 unspecified atom stereocenters. The van der Waals surface area contributed by atoms with Crippen LogP contribution >= 0.6 is 27.3 Å². The van der Waals surface area contributed by atoms with Gasteiger partial charge in [-0.1, -0.05) is 27.3 Å². The van der Waals surface area contributed by atoms with Crippen molar-refractivity contribution >= 4 is 50.4 Å². The van der Waals surface area contributed by atoms with Crippen molar-refractivity contribution in [3.05, 3.63) is 83.0 Å². The number of hydrogen-bond donors (Lipinski definition) is 0. The van der Waals surface area contributed by atoms with Gasteiger partial charge in [-0.2, -0.15) is 0 Å². The fourth-order valence-corrected chi connectivity index (χ4v) is 6.52. The fraction of sp³-hybridized carbons (Fsp3) is 0.286. The van der Waals surface area contributed by atoms with Crippen LogP contribution in [0.4, 0.5) is 5.69 Å². The van der Waals surface area contributed by atoms with Crippen molar-refractivity contribution in [2.75, 3.05) is 32.3 Å². The highest BCUT2D eigenvalue weighted by atomic mass is 79.9. The number of likely N-dealkylation sites (N-methyl/N-ethyl adjacent to an activating group) is 1. The molecule has 9 nitrogen and oxygen atoms in total. The molecule has 0 saturated heterocycles. The van der Waals surface area contributed by atoms with Crippen LogP contribution in [0.15, 0.2) is 61.9 Å². The van der Waals surface area contributed by atoms with Crippen molar-refractivity contribution in [1.29, 1.82) is 0 Å². The van der Waals surface area contributed by atoms with Crippen molar-refractivity contribution < 1.29 is 23.8 Å². The molecule has 0 spiro atoms. The molecular weight excluding hydrogens is 586 g/mol. The maximum absolute atomic E-state index is 14.3. The smallest absolute Gasteiger partial charge is 0.338 e. The number of esters is 1. The highest BCUT2D eigenvalue weighted by Gasteiger charge is 2.38. The molecule has 0 saturated carbocycles. The lowest BCUT2D eigenvalue weighted by Crippen LogP contribution is -2.41. The Morgan fingerprint density at radius 2 is 1.87 bits per heavy atom. The van der Waals surface area contributed by atoms with E-state index in [0.717, 1.165) is 21.5 Å². The number of allylic oxidation sites excluding steroid dienone is 1. The van der Waals surface area contributed by atoms with E-state index in [1.165, 1.54) is 18.8 Å².